The van der Waals surface area contributed by atoms with Crippen LogP contribution in [0.1, 0.15) is 24.5 Å². The monoisotopic (exact) mass is 439 g/mol. The maximum atomic E-state index is 12.4. The van der Waals surface area contributed by atoms with Gasteiger partial charge in [0.25, 0.3) is 5.91 Å². The molecule has 0 atom stereocenters. The van der Waals surface area contributed by atoms with E-state index in [0.29, 0.717) is 29.0 Å². The molecule has 30 heavy (non-hydrogen) atoms. The molecule has 0 N–H and O–H groups in total. The van der Waals surface area contributed by atoms with Gasteiger partial charge in [0.2, 0.25) is 0 Å². The molecule has 0 radical (unpaired) electrons. The minimum absolute atomic E-state index is 0.0830. The van der Waals surface area contributed by atoms with Crippen LogP contribution in [0.5, 0.6) is 11.5 Å². The lowest BCUT2D eigenvalue weighted by molar-refractivity contribution is -0.121. The Morgan fingerprint density at radius 2 is 1.83 bits per heavy atom. The Morgan fingerprint density at radius 3 is 2.53 bits per heavy atom. The SMILES string of the molecule is C=CCN1C(=O)C(=Cc2cccc(OCCCOc3ccc(CC)cc3)c2)SC1=S. The molecule has 4 nitrogen and oxygen atoms in total. The van der Waals surface area contributed by atoms with Gasteiger partial charge in [0.1, 0.15) is 15.8 Å². The fourth-order valence-corrected chi connectivity index (χ4v) is 4.17. The van der Waals surface area contributed by atoms with Crippen LogP contribution in [0.3, 0.4) is 0 Å². The number of thioether (sulfide) groups is 1. The van der Waals surface area contributed by atoms with Gasteiger partial charge >= 0.3 is 0 Å². The van der Waals surface area contributed by atoms with Crippen molar-refractivity contribution in [2.75, 3.05) is 19.8 Å². The quantitative estimate of drug-likeness (QED) is 0.212. The van der Waals surface area contributed by atoms with Gasteiger partial charge in [-0.15, -0.1) is 6.58 Å². The molecule has 6 heteroatoms. The van der Waals surface area contributed by atoms with Crippen LogP contribution in [-0.4, -0.2) is 34.9 Å². The Morgan fingerprint density at radius 1 is 1.10 bits per heavy atom. The standard InChI is InChI=1S/C24H25NO3S2/c1-3-13-25-23(26)22(30-24(25)29)17-19-7-5-8-21(16-19)28-15-6-14-27-20-11-9-18(4-2)10-12-20/h3,5,7-12,16-17H,1,4,6,13-15H2,2H3. The van der Waals surface area contributed by atoms with Gasteiger partial charge in [0, 0.05) is 13.0 Å². The van der Waals surface area contributed by atoms with E-state index in [-0.39, 0.29) is 5.91 Å². The maximum Gasteiger partial charge on any atom is 0.266 e. The van der Waals surface area contributed by atoms with Crippen molar-refractivity contribution in [2.24, 2.45) is 0 Å². The number of hydrogen-bond donors (Lipinski definition) is 0. The highest BCUT2D eigenvalue weighted by atomic mass is 32.2. The second kappa shape index (κ2) is 11.0. The molecule has 1 fully saturated rings. The van der Waals surface area contributed by atoms with Gasteiger partial charge in [-0.05, 0) is 47.9 Å². The highest BCUT2D eigenvalue weighted by Gasteiger charge is 2.30. The summed E-state index contributed by atoms with van der Waals surface area (Å²) in [5, 5.41) is 0. The molecular weight excluding hydrogens is 414 g/mol. The number of carbonyl (C=O) groups is 1. The van der Waals surface area contributed by atoms with E-state index >= 15 is 0 Å². The molecule has 0 spiro atoms. The van der Waals surface area contributed by atoms with Crippen molar-refractivity contribution in [2.45, 2.75) is 19.8 Å². The number of amides is 1. The maximum absolute atomic E-state index is 12.4. The van der Waals surface area contributed by atoms with Gasteiger partial charge in [-0.1, -0.05) is 61.2 Å². The molecule has 0 aromatic heterocycles. The molecule has 2 aromatic carbocycles. The number of nitrogens with zero attached hydrogens (tertiary/aromatic N) is 1. The van der Waals surface area contributed by atoms with Crippen molar-refractivity contribution in [3.8, 4) is 11.5 Å². The zero-order valence-corrected chi connectivity index (χ0v) is 18.6. The lowest BCUT2D eigenvalue weighted by atomic mass is 10.2. The smallest absolute Gasteiger partial charge is 0.266 e. The van der Waals surface area contributed by atoms with Gasteiger partial charge in [-0.25, -0.2) is 0 Å². The van der Waals surface area contributed by atoms with E-state index in [0.717, 1.165) is 29.9 Å². The molecular formula is C24H25NO3S2. The zero-order valence-electron chi connectivity index (χ0n) is 17.0. The van der Waals surface area contributed by atoms with Crippen LogP contribution in [0.15, 0.2) is 66.1 Å². The number of carbonyl (C=O) groups excluding carboxylic acids is 1. The molecule has 3 rings (SSSR count). The van der Waals surface area contributed by atoms with Crippen LogP contribution >= 0.6 is 24.0 Å². The molecule has 156 valence electrons. The zero-order chi connectivity index (χ0) is 21.3. The van der Waals surface area contributed by atoms with Gasteiger partial charge in [0.05, 0.1) is 18.1 Å². The average molecular weight is 440 g/mol. The van der Waals surface area contributed by atoms with Crippen LogP contribution in [0.2, 0.25) is 0 Å². The van der Waals surface area contributed by atoms with Gasteiger partial charge in [-0.2, -0.15) is 0 Å². The minimum Gasteiger partial charge on any atom is -0.493 e. The van der Waals surface area contributed by atoms with Crippen molar-refractivity contribution >= 4 is 40.3 Å². The van der Waals surface area contributed by atoms with Crippen LogP contribution in [0.4, 0.5) is 0 Å². The minimum atomic E-state index is -0.0830. The van der Waals surface area contributed by atoms with Crippen LogP contribution < -0.4 is 9.47 Å². The third-order valence-electron chi connectivity index (χ3n) is 4.50. The van der Waals surface area contributed by atoms with Crippen molar-refractivity contribution in [1.82, 2.24) is 4.90 Å². The second-order valence-corrected chi connectivity index (χ2v) is 8.38. The summed E-state index contributed by atoms with van der Waals surface area (Å²) in [4.78, 5) is 14.6. The summed E-state index contributed by atoms with van der Waals surface area (Å²) in [5.41, 5.74) is 2.20. The molecule has 1 heterocycles. The van der Waals surface area contributed by atoms with Crippen molar-refractivity contribution in [3.05, 3.63) is 77.2 Å². The van der Waals surface area contributed by atoms with E-state index in [2.05, 4.69) is 25.6 Å². The molecule has 0 aliphatic carbocycles. The molecule has 1 amide bonds. The summed E-state index contributed by atoms with van der Waals surface area (Å²) in [6.07, 6.45) is 5.32. The summed E-state index contributed by atoms with van der Waals surface area (Å²) >= 11 is 6.59. The van der Waals surface area contributed by atoms with E-state index in [4.69, 9.17) is 21.7 Å². The third-order valence-corrected chi connectivity index (χ3v) is 5.88. The fourth-order valence-electron chi connectivity index (χ4n) is 2.89. The molecule has 0 bridgehead atoms. The Balaban J connectivity index is 1.49. The third kappa shape index (κ3) is 5.97. The Hall–Kier alpha value is -2.57. The summed E-state index contributed by atoms with van der Waals surface area (Å²) in [5.74, 6) is 1.56. The fraction of sp³-hybridized carbons (Fsp3) is 0.250. The van der Waals surface area contributed by atoms with Gasteiger partial charge in [-0.3, -0.25) is 9.69 Å². The Labute approximate surface area is 187 Å². The van der Waals surface area contributed by atoms with Crippen LogP contribution in [0.25, 0.3) is 6.08 Å². The highest BCUT2D eigenvalue weighted by Crippen LogP contribution is 2.32. The number of ether oxygens (including phenoxy) is 2. The van der Waals surface area contributed by atoms with Crippen LogP contribution in [0, 0.1) is 0 Å². The molecule has 1 saturated heterocycles. The van der Waals surface area contributed by atoms with E-state index in [1.54, 1.807) is 11.0 Å². The van der Waals surface area contributed by atoms with Crippen molar-refractivity contribution in [3.63, 3.8) is 0 Å². The second-order valence-electron chi connectivity index (χ2n) is 6.70. The number of hydrogen-bond acceptors (Lipinski definition) is 5. The van der Waals surface area contributed by atoms with Gasteiger partial charge < -0.3 is 9.47 Å². The first-order valence-corrected chi connectivity index (χ1v) is 11.1. The number of aryl methyl sites for hydroxylation is 1. The topological polar surface area (TPSA) is 38.8 Å². The first-order valence-electron chi connectivity index (χ1n) is 9.91. The first kappa shape index (κ1) is 22.1. The van der Waals surface area contributed by atoms with Crippen molar-refractivity contribution < 1.29 is 14.3 Å². The number of thiocarbonyl (C=S) groups is 1. The Bertz CT molecular complexity index is 938. The molecule has 1 aliphatic rings. The van der Waals surface area contributed by atoms with Gasteiger partial charge in [0.15, 0.2) is 0 Å². The molecule has 0 saturated carbocycles. The largest absolute Gasteiger partial charge is 0.493 e. The molecule has 0 unspecified atom stereocenters. The summed E-state index contributed by atoms with van der Waals surface area (Å²) in [6.45, 7) is 7.38. The number of benzene rings is 2. The lowest BCUT2D eigenvalue weighted by Crippen LogP contribution is -2.27. The average Bonchev–Trinajstić information content (AvgIpc) is 3.02. The van der Waals surface area contributed by atoms with E-state index in [1.165, 1.54) is 17.3 Å². The van der Waals surface area contributed by atoms with Crippen LogP contribution in [-0.2, 0) is 11.2 Å². The normalized spacial score (nSPS) is 15.0. The summed E-state index contributed by atoms with van der Waals surface area (Å²) in [7, 11) is 0. The Kier molecular flexibility index (Phi) is 8.11. The lowest BCUT2D eigenvalue weighted by Gasteiger charge is -2.10. The predicted molar refractivity (Wildman–Crippen MR) is 128 cm³/mol. The van der Waals surface area contributed by atoms with E-state index in [9.17, 15) is 4.79 Å². The van der Waals surface area contributed by atoms with Crippen molar-refractivity contribution in [1.29, 1.82) is 0 Å². The predicted octanol–water partition coefficient (Wildman–Crippen LogP) is 5.48. The highest BCUT2D eigenvalue weighted by molar-refractivity contribution is 8.26. The summed E-state index contributed by atoms with van der Waals surface area (Å²) in [6, 6.07) is 15.9. The van der Waals surface area contributed by atoms with E-state index < -0.39 is 0 Å². The molecule has 1 aliphatic heterocycles. The number of rotatable bonds is 10. The van der Waals surface area contributed by atoms with E-state index in [1.807, 2.05) is 42.5 Å². The first-order chi connectivity index (χ1) is 14.6. The summed E-state index contributed by atoms with van der Waals surface area (Å²) < 4.78 is 12.2. The molecule has 2 aromatic rings.